The fourth-order valence-corrected chi connectivity index (χ4v) is 2.86. The maximum atomic E-state index is 12.3. The number of aromatic nitrogens is 3. The number of hydrogen-bond donors (Lipinski definition) is 1. The molecule has 0 bridgehead atoms. The van der Waals surface area contributed by atoms with Crippen LogP contribution in [0.4, 0.5) is 5.69 Å². The molecule has 0 aliphatic rings. The van der Waals surface area contributed by atoms with Gasteiger partial charge in [-0.3, -0.25) is 4.79 Å². The fourth-order valence-electron chi connectivity index (χ4n) is 2.86. The summed E-state index contributed by atoms with van der Waals surface area (Å²) in [6.45, 7) is 1.96. The van der Waals surface area contributed by atoms with Crippen molar-refractivity contribution in [2.45, 2.75) is 13.3 Å². The van der Waals surface area contributed by atoms with Crippen LogP contribution in [0, 0.1) is 6.92 Å². The summed E-state index contributed by atoms with van der Waals surface area (Å²) < 4.78 is 0. The van der Waals surface area contributed by atoms with E-state index in [2.05, 4.69) is 15.5 Å². The number of hydrogen-bond acceptors (Lipinski definition) is 3. The molecule has 0 aliphatic carbocycles. The van der Waals surface area contributed by atoms with Crippen molar-refractivity contribution in [2.75, 3.05) is 5.32 Å². The van der Waals surface area contributed by atoms with Crippen molar-refractivity contribution in [1.82, 2.24) is 15.0 Å². The lowest BCUT2D eigenvalue weighted by Gasteiger charge is -2.08. The number of para-hydroxylation sites is 1. The highest BCUT2D eigenvalue weighted by Gasteiger charge is 2.11. The second kappa shape index (κ2) is 6.80. The number of anilines is 1. The zero-order valence-electron chi connectivity index (χ0n) is 14.4. The second-order valence-electron chi connectivity index (χ2n) is 6.19. The Labute approximate surface area is 151 Å². The fraction of sp³-hybridized carbons (Fsp3) is 0.0952. The van der Waals surface area contributed by atoms with Crippen LogP contribution in [0.3, 0.4) is 0 Å². The first-order valence-electron chi connectivity index (χ1n) is 8.46. The number of rotatable bonds is 4. The van der Waals surface area contributed by atoms with Gasteiger partial charge in [0, 0.05) is 5.69 Å². The van der Waals surface area contributed by atoms with Gasteiger partial charge in [-0.05, 0) is 42.3 Å². The molecule has 0 radical (unpaired) electrons. The van der Waals surface area contributed by atoms with E-state index in [0.717, 1.165) is 33.5 Å². The summed E-state index contributed by atoms with van der Waals surface area (Å²) in [6, 6.07) is 23.3. The molecule has 0 unspecified atom stereocenters. The Hall–Kier alpha value is -3.47. The number of carbonyl (C=O) groups excluding carboxylic acids is 1. The molecule has 0 spiro atoms. The van der Waals surface area contributed by atoms with Gasteiger partial charge in [-0.1, -0.05) is 48.5 Å². The predicted octanol–water partition coefficient (Wildman–Crippen LogP) is 3.91. The highest BCUT2D eigenvalue weighted by Crippen LogP contribution is 2.22. The molecule has 1 N–H and O–H groups in total. The van der Waals surface area contributed by atoms with Crippen LogP contribution < -0.4 is 5.32 Å². The van der Waals surface area contributed by atoms with Crippen molar-refractivity contribution in [1.29, 1.82) is 0 Å². The van der Waals surface area contributed by atoms with Gasteiger partial charge in [0.1, 0.15) is 11.0 Å². The van der Waals surface area contributed by atoms with Crippen molar-refractivity contribution in [3.05, 3.63) is 83.9 Å². The van der Waals surface area contributed by atoms with E-state index in [1.165, 1.54) is 0 Å². The molecule has 0 atom stereocenters. The largest absolute Gasteiger partial charge is 0.325 e. The Kier molecular flexibility index (Phi) is 4.19. The lowest BCUT2D eigenvalue weighted by Crippen LogP contribution is -2.15. The van der Waals surface area contributed by atoms with Gasteiger partial charge in [0.2, 0.25) is 5.91 Å². The molecule has 5 nitrogen and oxygen atoms in total. The smallest absolute Gasteiger partial charge is 0.228 e. The topological polar surface area (TPSA) is 59.8 Å². The highest BCUT2D eigenvalue weighted by molar-refractivity contribution is 5.95. The van der Waals surface area contributed by atoms with Gasteiger partial charge >= 0.3 is 0 Å². The standard InChI is InChI=1S/C21H18N4O/c1-15-12-19-20(24-25(23-19)17-10-6-3-7-11-17)14-18(15)22-21(26)13-16-8-4-2-5-9-16/h2-12,14H,13H2,1H3,(H,22,26). The molecule has 0 saturated carbocycles. The molecular formula is C21H18N4O. The van der Waals surface area contributed by atoms with Gasteiger partial charge < -0.3 is 5.32 Å². The summed E-state index contributed by atoms with van der Waals surface area (Å²) in [5.74, 6) is -0.0471. The minimum absolute atomic E-state index is 0.0471. The molecule has 4 rings (SSSR count). The van der Waals surface area contributed by atoms with E-state index in [1.807, 2.05) is 79.7 Å². The van der Waals surface area contributed by atoms with E-state index in [1.54, 1.807) is 4.80 Å². The van der Waals surface area contributed by atoms with Crippen molar-refractivity contribution < 1.29 is 4.79 Å². The Bertz CT molecular complexity index is 1060. The van der Waals surface area contributed by atoms with Gasteiger partial charge in [-0.2, -0.15) is 4.80 Å². The molecule has 3 aromatic carbocycles. The van der Waals surface area contributed by atoms with Crippen LogP contribution in [0.5, 0.6) is 0 Å². The van der Waals surface area contributed by atoms with Crippen molar-refractivity contribution >= 4 is 22.6 Å². The summed E-state index contributed by atoms with van der Waals surface area (Å²) in [5.41, 5.74) is 5.15. The number of aryl methyl sites for hydroxylation is 1. The molecule has 1 heterocycles. The number of benzene rings is 3. The third kappa shape index (κ3) is 3.32. The summed E-state index contributed by atoms with van der Waals surface area (Å²) >= 11 is 0. The van der Waals surface area contributed by atoms with Gasteiger partial charge in [0.05, 0.1) is 12.1 Å². The minimum Gasteiger partial charge on any atom is -0.325 e. The van der Waals surface area contributed by atoms with Crippen LogP contribution >= 0.6 is 0 Å². The van der Waals surface area contributed by atoms with Crippen LogP contribution in [0.15, 0.2) is 72.8 Å². The van der Waals surface area contributed by atoms with E-state index >= 15 is 0 Å². The minimum atomic E-state index is -0.0471. The number of nitrogens with zero attached hydrogens (tertiary/aromatic N) is 3. The third-order valence-corrected chi connectivity index (χ3v) is 4.20. The van der Waals surface area contributed by atoms with Gasteiger partial charge in [0.15, 0.2) is 0 Å². The average molecular weight is 342 g/mol. The highest BCUT2D eigenvalue weighted by atomic mass is 16.1. The van der Waals surface area contributed by atoms with Crippen LogP contribution in [-0.4, -0.2) is 20.9 Å². The van der Waals surface area contributed by atoms with Crippen LogP contribution in [0.2, 0.25) is 0 Å². The zero-order valence-corrected chi connectivity index (χ0v) is 14.4. The molecule has 0 saturated heterocycles. The summed E-state index contributed by atoms with van der Waals surface area (Å²) in [7, 11) is 0. The molecule has 0 aliphatic heterocycles. The molecular weight excluding hydrogens is 324 g/mol. The number of fused-ring (bicyclic) bond motifs is 1. The lowest BCUT2D eigenvalue weighted by molar-refractivity contribution is -0.115. The van der Waals surface area contributed by atoms with Crippen molar-refractivity contribution in [3.63, 3.8) is 0 Å². The van der Waals surface area contributed by atoms with Gasteiger partial charge in [-0.15, -0.1) is 10.2 Å². The molecule has 5 heteroatoms. The quantitative estimate of drug-likeness (QED) is 0.612. The lowest BCUT2D eigenvalue weighted by atomic mass is 10.1. The SMILES string of the molecule is Cc1cc2nn(-c3ccccc3)nc2cc1NC(=O)Cc1ccccc1. The zero-order chi connectivity index (χ0) is 17.9. The van der Waals surface area contributed by atoms with E-state index < -0.39 is 0 Å². The van der Waals surface area contributed by atoms with Gasteiger partial charge in [0.25, 0.3) is 0 Å². The first kappa shape index (κ1) is 16.0. The summed E-state index contributed by atoms with van der Waals surface area (Å²) in [4.78, 5) is 14.0. The molecule has 4 aromatic rings. The normalized spacial score (nSPS) is 10.8. The van der Waals surface area contributed by atoms with E-state index in [4.69, 9.17) is 0 Å². The Morgan fingerprint density at radius 2 is 1.54 bits per heavy atom. The van der Waals surface area contributed by atoms with Gasteiger partial charge in [-0.25, -0.2) is 0 Å². The monoisotopic (exact) mass is 342 g/mol. The Balaban J connectivity index is 1.59. The molecule has 1 amide bonds. The number of amides is 1. The van der Waals surface area contributed by atoms with Crippen LogP contribution in [-0.2, 0) is 11.2 Å². The maximum absolute atomic E-state index is 12.3. The van der Waals surface area contributed by atoms with E-state index in [9.17, 15) is 4.79 Å². The first-order valence-corrected chi connectivity index (χ1v) is 8.46. The average Bonchev–Trinajstić information content (AvgIpc) is 3.06. The van der Waals surface area contributed by atoms with Crippen LogP contribution in [0.25, 0.3) is 16.7 Å². The van der Waals surface area contributed by atoms with E-state index in [-0.39, 0.29) is 5.91 Å². The predicted molar refractivity (Wildman–Crippen MR) is 102 cm³/mol. The second-order valence-corrected chi connectivity index (χ2v) is 6.19. The third-order valence-electron chi connectivity index (χ3n) is 4.20. The molecule has 0 fully saturated rings. The summed E-state index contributed by atoms with van der Waals surface area (Å²) in [6.07, 6.45) is 0.342. The van der Waals surface area contributed by atoms with Crippen LogP contribution in [0.1, 0.15) is 11.1 Å². The summed E-state index contributed by atoms with van der Waals surface area (Å²) in [5, 5.41) is 12.0. The Morgan fingerprint density at radius 3 is 2.23 bits per heavy atom. The van der Waals surface area contributed by atoms with Crippen molar-refractivity contribution in [3.8, 4) is 5.69 Å². The molecule has 128 valence electrons. The Morgan fingerprint density at radius 1 is 0.923 bits per heavy atom. The number of nitrogens with one attached hydrogen (secondary N) is 1. The maximum Gasteiger partial charge on any atom is 0.228 e. The number of carbonyl (C=O) groups is 1. The van der Waals surface area contributed by atoms with E-state index in [0.29, 0.717) is 6.42 Å². The van der Waals surface area contributed by atoms with Crippen molar-refractivity contribution in [2.24, 2.45) is 0 Å². The first-order chi connectivity index (χ1) is 12.7. The molecule has 1 aromatic heterocycles. The molecule has 26 heavy (non-hydrogen) atoms.